The number of aliphatic hydroxyl groups excluding tert-OH is 1. The Labute approximate surface area is 243 Å². The van der Waals surface area contributed by atoms with E-state index in [1.54, 1.807) is 27.6 Å². The summed E-state index contributed by atoms with van der Waals surface area (Å²) >= 11 is 1.68. The highest BCUT2D eigenvalue weighted by molar-refractivity contribution is 8.02. The zero-order chi connectivity index (χ0) is 28.5. The summed E-state index contributed by atoms with van der Waals surface area (Å²) in [7, 11) is 0. The van der Waals surface area contributed by atoms with E-state index in [1.807, 2.05) is 36.4 Å². The topological polar surface area (TPSA) is 87.2 Å². The fourth-order valence-corrected chi connectivity index (χ4v) is 8.91. The molecule has 7 nitrogen and oxygen atoms in total. The lowest BCUT2D eigenvalue weighted by molar-refractivity contribution is -0.154. The number of carbonyl (C=O) groups is 3. The number of amides is 2. The second-order valence-electron chi connectivity index (χ2n) is 11.2. The molecule has 40 heavy (non-hydrogen) atoms. The van der Waals surface area contributed by atoms with Crippen molar-refractivity contribution in [2.75, 3.05) is 26.3 Å². The zero-order valence-corrected chi connectivity index (χ0v) is 24.4. The summed E-state index contributed by atoms with van der Waals surface area (Å²) in [5.74, 6) is -1.49. The second-order valence-corrected chi connectivity index (χ2v) is 12.8. The van der Waals surface area contributed by atoms with Crippen LogP contribution in [0.15, 0.2) is 55.6 Å². The van der Waals surface area contributed by atoms with E-state index >= 15 is 0 Å². The van der Waals surface area contributed by atoms with Crippen molar-refractivity contribution in [3.8, 4) is 0 Å². The summed E-state index contributed by atoms with van der Waals surface area (Å²) in [6.45, 7) is 9.42. The quantitative estimate of drug-likeness (QED) is 0.166. The van der Waals surface area contributed by atoms with Crippen LogP contribution in [-0.4, -0.2) is 75.0 Å². The van der Waals surface area contributed by atoms with Gasteiger partial charge in [-0.1, -0.05) is 55.3 Å². The Bertz CT molecular complexity index is 1050. The predicted octanol–water partition coefficient (Wildman–Crippen LogP) is 4.74. The van der Waals surface area contributed by atoms with Crippen molar-refractivity contribution >= 4 is 29.5 Å². The number of fused-ring (bicyclic) bond motifs is 1. The van der Waals surface area contributed by atoms with Crippen LogP contribution < -0.4 is 0 Å². The van der Waals surface area contributed by atoms with Gasteiger partial charge >= 0.3 is 5.97 Å². The van der Waals surface area contributed by atoms with Gasteiger partial charge in [0, 0.05) is 31.5 Å². The minimum Gasteiger partial charge on any atom is -0.465 e. The molecule has 0 aliphatic carbocycles. The molecule has 218 valence electrons. The van der Waals surface area contributed by atoms with Crippen LogP contribution in [0.2, 0.25) is 0 Å². The van der Waals surface area contributed by atoms with E-state index in [0.29, 0.717) is 26.2 Å². The highest BCUT2D eigenvalue weighted by atomic mass is 32.2. The lowest BCUT2D eigenvalue weighted by Crippen LogP contribution is -2.54. The van der Waals surface area contributed by atoms with E-state index in [4.69, 9.17) is 9.84 Å². The molecule has 1 spiro atoms. The molecule has 0 saturated carbocycles. The molecule has 1 aromatic carbocycles. The number of hydrogen-bond acceptors (Lipinski definition) is 6. The number of thioether (sulfide) groups is 1. The van der Waals surface area contributed by atoms with Crippen LogP contribution in [-0.2, 0) is 25.7 Å². The minimum absolute atomic E-state index is 0.00129. The Kier molecular flexibility index (Phi) is 10.9. The van der Waals surface area contributed by atoms with Gasteiger partial charge in [0.05, 0.1) is 23.2 Å². The first-order valence-electron chi connectivity index (χ1n) is 14.8. The Morgan fingerprint density at radius 1 is 1.10 bits per heavy atom. The van der Waals surface area contributed by atoms with Crippen molar-refractivity contribution in [2.24, 2.45) is 11.8 Å². The molecule has 3 aliphatic rings. The lowest BCUT2D eigenvalue weighted by Gasteiger charge is -2.37. The molecule has 3 aliphatic heterocycles. The molecule has 3 heterocycles. The van der Waals surface area contributed by atoms with Gasteiger partial charge in [-0.05, 0) is 50.5 Å². The second kappa shape index (κ2) is 14.4. The number of rotatable bonds is 17. The molecule has 3 fully saturated rings. The first-order chi connectivity index (χ1) is 19.5. The maximum absolute atomic E-state index is 14.4. The van der Waals surface area contributed by atoms with Gasteiger partial charge in [0.2, 0.25) is 11.8 Å². The van der Waals surface area contributed by atoms with Crippen LogP contribution >= 0.6 is 11.8 Å². The van der Waals surface area contributed by atoms with E-state index < -0.39 is 22.6 Å². The number of carbonyl (C=O) groups excluding carboxylic acids is 3. The summed E-state index contributed by atoms with van der Waals surface area (Å²) in [6.07, 6.45) is 10.9. The maximum Gasteiger partial charge on any atom is 0.310 e. The van der Waals surface area contributed by atoms with Crippen LogP contribution in [0.3, 0.4) is 0 Å². The number of unbranched alkanes of at least 4 members (excludes halogenated alkanes) is 5. The van der Waals surface area contributed by atoms with Gasteiger partial charge in [-0.3, -0.25) is 14.4 Å². The van der Waals surface area contributed by atoms with Crippen molar-refractivity contribution in [3.05, 3.63) is 61.2 Å². The van der Waals surface area contributed by atoms with Crippen molar-refractivity contribution in [1.82, 2.24) is 9.80 Å². The molecule has 1 aromatic rings. The van der Waals surface area contributed by atoms with Gasteiger partial charge in [0.25, 0.3) is 0 Å². The average molecular weight is 569 g/mol. The molecule has 0 aromatic heterocycles. The number of benzene rings is 1. The summed E-state index contributed by atoms with van der Waals surface area (Å²) in [5.41, 5.74) is 1.02. The lowest BCUT2D eigenvalue weighted by atomic mass is 9.71. The number of ether oxygens (including phenoxy) is 1. The predicted molar refractivity (Wildman–Crippen MR) is 158 cm³/mol. The van der Waals surface area contributed by atoms with Crippen LogP contribution in [0.25, 0.3) is 0 Å². The Morgan fingerprint density at radius 2 is 1.88 bits per heavy atom. The van der Waals surface area contributed by atoms with Crippen molar-refractivity contribution in [3.63, 3.8) is 0 Å². The zero-order valence-electron chi connectivity index (χ0n) is 23.5. The summed E-state index contributed by atoms with van der Waals surface area (Å²) in [4.78, 5) is 45.5. The van der Waals surface area contributed by atoms with Crippen molar-refractivity contribution in [2.45, 2.75) is 80.4 Å². The van der Waals surface area contributed by atoms with E-state index in [-0.39, 0.29) is 29.6 Å². The number of hydrogen-bond donors (Lipinski definition) is 1. The molecule has 5 atom stereocenters. The first-order valence-corrected chi connectivity index (χ1v) is 15.7. The molecular formula is C32H44N2O5S. The van der Waals surface area contributed by atoms with Crippen LogP contribution in [0.5, 0.6) is 0 Å². The third-order valence-corrected chi connectivity index (χ3v) is 10.5. The monoisotopic (exact) mass is 568 g/mol. The molecule has 8 heteroatoms. The number of esters is 1. The number of nitrogens with zero attached hydrogens (tertiary/aromatic N) is 2. The number of allylic oxidation sites excluding steroid dienone is 1. The van der Waals surface area contributed by atoms with Gasteiger partial charge in [0.15, 0.2) is 0 Å². The third kappa shape index (κ3) is 6.33. The van der Waals surface area contributed by atoms with Crippen LogP contribution in [0.4, 0.5) is 0 Å². The largest absolute Gasteiger partial charge is 0.465 e. The molecule has 2 bridgehead atoms. The maximum atomic E-state index is 14.4. The van der Waals surface area contributed by atoms with Gasteiger partial charge in [-0.25, -0.2) is 0 Å². The van der Waals surface area contributed by atoms with E-state index in [1.165, 1.54) is 0 Å². The van der Waals surface area contributed by atoms with Gasteiger partial charge in [0.1, 0.15) is 6.04 Å². The Morgan fingerprint density at radius 3 is 2.60 bits per heavy atom. The molecule has 4 rings (SSSR count). The van der Waals surface area contributed by atoms with E-state index in [0.717, 1.165) is 63.4 Å². The SMILES string of the molecule is C=CCCCCOC(=O)[C@@H]1[C@@H]2CCC3(S2)C(C(=O)N(CC=C)Cc2ccccc2)N(CCCCCCO)C(=O)[C@H]13. The standard InChI is InChI=1S/C32H44N2O5S/c1-3-5-6-14-22-39-31(38)26-25-17-18-32(40-25)27(26)29(36)34(20-12-7-8-13-21-35)28(32)30(37)33(19-4-2)23-24-15-10-9-11-16-24/h3-4,9-11,15-16,25-28,35H,1-2,5-8,12-14,17-23H2/t25-,26+,27-,28?,32?/m0/s1. The van der Waals surface area contributed by atoms with Gasteiger partial charge in [-0.2, -0.15) is 0 Å². The van der Waals surface area contributed by atoms with E-state index in [9.17, 15) is 14.4 Å². The highest BCUT2D eigenvalue weighted by Crippen LogP contribution is 2.66. The molecular weight excluding hydrogens is 524 g/mol. The first kappa shape index (κ1) is 30.4. The normalized spacial score (nSPS) is 26.5. The van der Waals surface area contributed by atoms with Crippen LogP contribution in [0.1, 0.15) is 63.4 Å². The molecule has 0 radical (unpaired) electrons. The van der Waals surface area contributed by atoms with Gasteiger partial charge < -0.3 is 19.6 Å². The van der Waals surface area contributed by atoms with Gasteiger partial charge in [-0.15, -0.1) is 24.9 Å². The summed E-state index contributed by atoms with van der Waals surface area (Å²) in [6, 6.07) is 9.25. The van der Waals surface area contributed by atoms with Crippen molar-refractivity contribution in [1.29, 1.82) is 0 Å². The Balaban J connectivity index is 1.58. The third-order valence-electron chi connectivity index (χ3n) is 8.54. The molecule has 3 saturated heterocycles. The molecule has 2 unspecified atom stereocenters. The average Bonchev–Trinajstić information content (AvgIpc) is 3.60. The van der Waals surface area contributed by atoms with Crippen molar-refractivity contribution < 1.29 is 24.2 Å². The molecule has 2 amide bonds. The summed E-state index contributed by atoms with van der Waals surface area (Å²) < 4.78 is 5.09. The smallest absolute Gasteiger partial charge is 0.310 e. The minimum atomic E-state index is -0.619. The van der Waals surface area contributed by atoms with Crippen LogP contribution in [0, 0.1) is 11.8 Å². The fourth-order valence-electron chi connectivity index (χ4n) is 6.71. The molecule has 1 N–H and O–H groups in total. The Hall–Kier alpha value is -2.58. The highest BCUT2D eigenvalue weighted by Gasteiger charge is 2.74. The van der Waals surface area contributed by atoms with E-state index in [2.05, 4.69) is 13.2 Å². The summed E-state index contributed by atoms with van der Waals surface area (Å²) in [5, 5.41) is 9.16. The number of aliphatic hydroxyl groups is 1. The fraction of sp³-hybridized carbons (Fsp3) is 0.594. The number of likely N-dealkylation sites (tertiary alicyclic amines) is 1.